The number of esters is 2. The fraction of sp³-hybridized carbons (Fsp3) is 0.700. The van der Waals surface area contributed by atoms with E-state index in [4.69, 9.17) is 24.8 Å². The number of ether oxygens (including phenoxy) is 2. The quantitative estimate of drug-likeness (QED) is 0.0230. The molecule has 0 spiro atoms. The van der Waals surface area contributed by atoms with Crippen LogP contribution in [0.1, 0.15) is 194 Å². The number of carbonyl (C=O) groups is 3. The summed E-state index contributed by atoms with van der Waals surface area (Å²) in [6.45, 7) is 2.72. The van der Waals surface area contributed by atoms with Gasteiger partial charge >= 0.3 is 25.7 Å². The molecule has 0 radical (unpaired) electrons. The number of carboxylic acid groups (broad SMARTS) is 1. The van der Waals surface area contributed by atoms with Gasteiger partial charge in [0.1, 0.15) is 12.6 Å². The van der Waals surface area contributed by atoms with Crippen molar-refractivity contribution in [3.05, 3.63) is 72.9 Å². The van der Waals surface area contributed by atoms with Crippen molar-refractivity contribution < 1.29 is 47.5 Å². The van der Waals surface area contributed by atoms with Crippen LogP contribution in [0.25, 0.3) is 0 Å². The zero-order valence-electron chi connectivity index (χ0n) is 38.7. The molecule has 0 bridgehead atoms. The molecule has 0 fully saturated rings. The first kappa shape index (κ1) is 58.9. The van der Waals surface area contributed by atoms with Crippen LogP contribution in [0.5, 0.6) is 0 Å². The van der Waals surface area contributed by atoms with Crippen molar-refractivity contribution >= 4 is 25.7 Å². The van der Waals surface area contributed by atoms with E-state index < -0.39 is 51.1 Å². The Morgan fingerprint density at radius 2 is 0.855 bits per heavy atom. The number of aliphatic carboxylic acids is 1. The Bertz CT molecular complexity index is 1320. The summed E-state index contributed by atoms with van der Waals surface area (Å²) in [6.07, 6.45) is 53.8. The summed E-state index contributed by atoms with van der Waals surface area (Å²) in [4.78, 5) is 46.1. The predicted molar refractivity (Wildman–Crippen MR) is 254 cm³/mol. The summed E-state index contributed by atoms with van der Waals surface area (Å²) in [5, 5.41) is 8.91. The number of carbonyl (C=O) groups excluding carboxylic acids is 2. The van der Waals surface area contributed by atoms with Crippen molar-refractivity contribution in [1.29, 1.82) is 0 Å². The predicted octanol–water partition coefficient (Wildman–Crippen LogP) is 13.3. The Balaban J connectivity index is 4.38. The molecule has 0 rings (SSSR count). The zero-order chi connectivity index (χ0) is 45.6. The normalized spacial score (nSPS) is 14.3. The summed E-state index contributed by atoms with van der Waals surface area (Å²) in [5.41, 5.74) is 5.34. The second-order valence-electron chi connectivity index (χ2n) is 15.9. The SMILES string of the molecule is CCCCC/C=C\C/C=C\C/C=C\C/C=C\CCCCCC(=O)OC[C@H](COP(=O)(O)OC[C@H](N)C(=O)O)OC(=O)CCCCCCCCCCC/C=C\C/C=C\CCCCC. The van der Waals surface area contributed by atoms with Gasteiger partial charge in [0.25, 0.3) is 0 Å². The van der Waals surface area contributed by atoms with E-state index in [2.05, 4.69) is 91.3 Å². The summed E-state index contributed by atoms with van der Waals surface area (Å²) >= 11 is 0. The van der Waals surface area contributed by atoms with E-state index >= 15 is 0 Å². The van der Waals surface area contributed by atoms with Crippen LogP contribution in [0.15, 0.2) is 72.9 Å². The largest absolute Gasteiger partial charge is 0.480 e. The Kier molecular flexibility index (Phi) is 42.3. The number of phosphoric acid groups is 1. The highest BCUT2D eigenvalue weighted by Gasteiger charge is 2.28. The van der Waals surface area contributed by atoms with Gasteiger partial charge in [-0.3, -0.25) is 23.4 Å². The molecule has 0 saturated heterocycles. The zero-order valence-corrected chi connectivity index (χ0v) is 39.6. The second kappa shape index (κ2) is 44.5. The smallest absolute Gasteiger partial charge is 0.472 e. The van der Waals surface area contributed by atoms with Crippen molar-refractivity contribution in [2.45, 2.75) is 206 Å². The fourth-order valence-corrected chi connectivity index (χ4v) is 6.91. The maximum atomic E-state index is 12.7. The van der Waals surface area contributed by atoms with E-state index in [1.54, 1.807) is 0 Å². The molecule has 0 heterocycles. The minimum Gasteiger partial charge on any atom is -0.480 e. The minimum absolute atomic E-state index is 0.146. The van der Waals surface area contributed by atoms with Crippen molar-refractivity contribution in [3.8, 4) is 0 Å². The number of hydrogen-bond donors (Lipinski definition) is 3. The third-order valence-corrected chi connectivity index (χ3v) is 10.9. The van der Waals surface area contributed by atoms with Crippen LogP contribution in [0.3, 0.4) is 0 Å². The molecule has 0 aromatic rings. The third-order valence-electron chi connectivity index (χ3n) is 9.93. The first-order chi connectivity index (χ1) is 30.1. The average molecular weight is 892 g/mol. The number of allylic oxidation sites excluding steroid dienone is 12. The number of phosphoric ester groups is 1. The Hall–Kier alpha value is -3.08. The van der Waals surface area contributed by atoms with Gasteiger partial charge in [-0.2, -0.15) is 0 Å². The molecular weight excluding hydrogens is 806 g/mol. The number of nitrogens with two attached hydrogens (primary N) is 1. The Labute approximate surface area is 376 Å². The second-order valence-corrected chi connectivity index (χ2v) is 17.3. The molecule has 3 atom stereocenters. The van der Waals surface area contributed by atoms with Gasteiger partial charge < -0.3 is 25.2 Å². The van der Waals surface area contributed by atoms with Crippen LogP contribution in [0.2, 0.25) is 0 Å². The molecule has 0 amide bonds. The van der Waals surface area contributed by atoms with Crippen molar-refractivity contribution in [2.24, 2.45) is 5.73 Å². The molecule has 4 N–H and O–H groups in total. The molecule has 11 nitrogen and oxygen atoms in total. The molecule has 0 aliphatic rings. The highest BCUT2D eigenvalue weighted by atomic mass is 31.2. The lowest BCUT2D eigenvalue weighted by atomic mass is 10.1. The Morgan fingerprint density at radius 1 is 0.500 bits per heavy atom. The van der Waals surface area contributed by atoms with E-state index in [9.17, 15) is 23.8 Å². The number of rotatable bonds is 44. The van der Waals surface area contributed by atoms with E-state index in [1.165, 1.54) is 83.5 Å². The molecule has 0 saturated carbocycles. The topological polar surface area (TPSA) is 172 Å². The molecule has 0 aliphatic heterocycles. The van der Waals surface area contributed by atoms with Gasteiger partial charge in [-0.15, -0.1) is 0 Å². The molecule has 0 aromatic heterocycles. The molecule has 0 aliphatic carbocycles. The summed E-state index contributed by atoms with van der Waals surface area (Å²) in [7, 11) is -4.73. The van der Waals surface area contributed by atoms with E-state index in [0.29, 0.717) is 12.8 Å². The standard InChI is InChI=1S/C50H86NO10P/c1-3-5-7-9-11-13-15-17-19-21-23-25-27-29-31-33-35-37-39-41-48(52)58-43-46(44-59-62(56,57)60-45-47(51)50(54)55)61-49(53)42-40-38-36-34-32-30-28-26-24-22-20-18-16-14-12-10-8-6-4-2/h11-14,17-20,23,25,29,31,46-47H,3-10,15-16,21-22,24,26-28,30,32-45,51H2,1-2H3,(H,54,55)(H,56,57)/b13-11-,14-12-,19-17-,20-18-,25-23-,31-29-/t46-,47+/m1/s1. The fourth-order valence-electron chi connectivity index (χ4n) is 6.14. The van der Waals surface area contributed by atoms with Crippen LogP contribution in [-0.2, 0) is 37.5 Å². The van der Waals surface area contributed by atoms with Gasteiger partial charge in [-0.1, -0.05) is 164 Å². The Morgan fingerprint density at radius 3 is 1.29 bits per heavy atom. The summed E-state index contributed by atoms with van der Waals surface area (Å²) in [6, 6.07) is -1.53. The lowest BCUT2D eigenvalue weighted by molar-refractivity contribution is -0.161. The van der Waals surface area contributed by atoms with Crippen LogP contribution in [-0.4, -0.2) is 59.9 Å². The average Bonchev–Trinajstić information content (AvgIpc) is 3.25. The van der Waals surface area contributed by atoms with Crippen LogP contribution < -0.4 is 5.73 Å². The molecule has 0 aromatic carbocycles. The summed E-state index contributed by atoms with van der Waals surface area (Å²) < 4.78 is 32.8. The number of hydrogen-bond acceptors (Lipinski definition) is 9. The maximum Gasteiger partial charge on any atom is 0.472 e. The van der Waals surface area contributed by atoms with Gasteiger partial charge in [0.2, 0.25) is 0 Å². The minimum atomic E-state index is -4.73. The maximum absolute atomic E-state index is 12.7. The molecular formula is C50H86NO10P. The first-order valence-corrected chi connectivity index (χ1v) is 25.5. The van der Waals surface area contributed by atoms with E-state index in [0.717, 1.165) is 70.6 Å². The number of unbranched alkanes of at least 4 members (excludes halogenated alkanes) is 18. The van der Waals surface area contributed by atoms with Crippen LogP contribution >= 0.6 is 7.82 Å². The lowest BCUT2D eigenvalue weighted by Crippen LogP contribution is -2.34. The lowest BCUT2D eigenvalue weighted by Gasteiger charge is -2.20. The van der Waals surface area contributed by atoms with Crippen LogP contribution in [0.4, 0.5) is 0 Å². The monoisotopic (exact) mass is 892 g/mol. The first-order valence-electron chi connectivity index (χ1n) is 24.0. The van der Waals surface area contributed by atoms with Gasteiger partial charge in [0.15, 0.2) is 6.10 Å². The summed E-state index contributed by atoms with van der Waals surface area (Å²) in [5.74, 6) is -2.43. The van der Waals surface area contributed by atoms with Gasteiger partial charge in [-0.25, -0.2) is 4.57 Å². The highest BCUT2D eigenvalue weighted by molar-refractivity contribution is 7.47. The molecule has 62 heavy (non-hydrogen) atoms. The van der Waals surface area contributed by atoms with Crippen molar-refractivity contribution in [2.75, 3.05) is 19.8 Å². The van der Waals surface area contributed by atoms with E-state index in [1.807, 2.05) is 0 Å². The van der Waals surface area contributed by atoms with Gasteiger partial charge in [0, 0.05) is 12.8 Å². The van der Waals surface area contributed by atoms with Crippen LogP contribution in [0, 0.1) is 0 Å². The molecule has 356 valence electrons. The molecule has 1 unspecified atom stereocenters. The molecule has 12 heteroatoms. The van der Waals surface area contributed by atoms with Crippen molar-refractivity contribution in [1.82, 2.24) is 0 Å². The van der Waals surface area contributed by atoms with Gasteiger partial charge in [0.05, 0.1) is 13.2 Å². The number of carboxylic acids is 1. The van der Waals surface area contributed by atoms with E-state index in [-0.39, 0.29) is 19.4 Å². The van der Waals surface area contributed by atoms with Gasteiger partial charge in [-0.05, 0) is 89.9 Å². The third kappa shape index (κ3) is 43.6. The highest BCUT2D eigenvalue weighted by Crippen LogP contribution is 2.43. The van der Waals surface area contributed by atoms with Crippen molar-refractivity contribution in [3.63, 3.8) is 0 Å².